The van der Waals surface area contributed by atoms with Crippen LogP contribution in [0.25, 0.3) is 0 Å². The van der Waals surface area contributed by atoms with E-state index < -0.39 is 6.04 Å². The maximum atomic E-state index is 12.3. The monoisotopic (exact) mass is 326 g/mol. The van der Waals surface area contributed by atoms with Gasteiger partial charge in [-0.2, -0.15) is 0 Å². The summed E-state index contributed by atoms with van der Waals surface area (Å²) < 4.78 is 11.0. The summed E-state index contributed by atoms with van der Waals surface area (Å²) in [6, 6.07) is 13.3. The van der Waals surface area contributed by atoms with Gasteiger partial charge in [-0.25, -0.2) is 0 Å². The average Bonchev–Trinajstić information content (AvgIpc) is 2.62. The zero-order valence-electron chi connectivity index (χ0n) is 13.2. The highest BCUT2D eigenvalue weighted by atomic mass is 16.6. The summed E-state index contributed by atoms with van der Waals surface area (Å²) in [6.07, 6.45) is 0. The molecule has 2 aromatic rings. The molecule has 2 aromatic carbocycles. The molecule has 0 radical (unpaired) electrons. The van der Waals surface area contributed by atoms with E-state index in [2.05, 4.69) is 10.6 Å². The van der Waals surface area contributed by atoms with Gasteiger partial charge in [0.2, 0.25) is 5.91 Å². The molecule has 2 N–H and O–H groups in total. The van der Waals surface area contributed by atoms with Crippen LogP contribution in [-0.2, 0) is 4.79 Å². The van der Waals surface area contributed by atoms with E-state index in [1.807, 2.05) is 6.07 Å². The van der Waals surface area contributed by atoms with Crippen molar-refractivity contribution in [3.05, 3.63) is 54.1 Å². The maximum Gasteiger partial charge on any atom is 0.251 e. The first-order valence-corrected chi connectivity index (χ1v) is 7.70. The van der Waals surface area contributed by atoms with Crippen molar-refractivity contribution in [1.82, 2.24) is 5.32 Å². The van der Waals surface area contributed by atoms with Crippen molar-refractivity contribution >= 4 is 17.5 Å². The fourth-order valence-electron chi connectivity index (χ4n) is 2.35. The van der Waals surface area contributed by atoms with E-state index in [1.165, 1.54) is 0 Å². The molecule has 1 aliphatic rings. The number of hydrogen-bond acceptors (Lipinski definition) is 4. The van der Waals surface area contributed by atoms with Crippen LogP contribution < -0.4 is 20.1 Å². The van der Waals surface area contributed by atoms with Gasteiger partial charge in [0.1, 0.15) is 19.3 Å². The molecule has 124 valence electrons. The maximum absolute atomic E-state index is 12.3. The first kappa shape index (κ1) is 15.9. The Labute approximate surface area is 139 Å². The zero-order valence-corrected chi connectivity index (χ0v) is 13.2. The quantitative estimate of drug-likeness (QED) is 0.903. The first-order chi connectivity index (χ1) is 11.6. The largest absolute Gasteiger partial charge is 0.486 e. The van der Waals surface area contributed by atoms with Crippen LogP contribution in [0.2, 0.25) is 0 Å². The predicted molar refractivity (Wildman–Crippen MR) is 89.4 cm³/mol. The molecular formula is C18H18N2O4. The average molecular weight is 326 g/mol. The Morgan fingerprint density at radius 2 is 1.75 bits per heavy atom. The third kappa shape index (κ3) is 3.48. The van der Waals surface area contributed by atoms with E-state index in [0.717, 1.165) is 0 Å². The van der Waals surface area contributed by atoms with Crippen LogP contribution in [0.4, 0.5) is 5.69 Å². The fraction of sp³-hybridized carbons (Fsp3) is 0.222. The molecule has 0 fully saturated rings. The molecule has 0 bridgehead atoms. The van der Waals surface area contributed by atoms with Gasteiger partial charge in [-0.1, -0.05) is 24.3 Å². The summed E-state index contributed by atoms with van der Waals surface area (Å²) in [5, 5.41) is 5.44. The molecule has 1 heterocycles. The molecule has 6 nitrogen and oxygen atoms in total. The molecular weight excluding hydrogens is 308 g/mol. The number of fused-ring (bicyclic) bond motifs is 1. The highest BCUT2D eigenvalue weighted by Crippen LogP contribution is 2.37. The van der Waals surface area contributed by atoms with Gasteiger partial charge in [0, 0.05) is 5.56 Å². The van der Waals surface area contributed by atoms with Crippen LogP contribution in [0.1, 0.15) is 17.3 Å². The molecule has 0 aromatic heterocycles. The number of rotatable bonds is 4. The van der Waals surface area contributed by atoms with Gasteiger partial charge in [-0.15, -0.1) is 0 Å². The zero-order chi connectivity index (χ0) is 16.9. The van der Waals surface area contributed by atoms with E-state index in [1.54, 1.807) is 49.4 Å². The highest BCUT2D eigenvalue weighted by Gasteiger charge is 2.21. The smallest absolute Gasteiger partial charge is 0.251 e. The number of para-hydroxylation sites is 1. The molecule has 0 spiro atoms. The number of carbonyl (C=O) groups is 2. The lowest BCUT2D eigenvalue weighted by molar-refractivity contribution is -0.117. The second-order valence-electron chi connectivity index (χ2n) is 5.38. The number of anilines is 1. The number of hydrogen-bond donors (Lipinski definition) is 2. The lowest BCUT2D eigenvalue weighted by atomic mass is 10.2. The standard InChI is InChI=1S/C18H18N2O4/c1-12(19-18(22)13-6-3-2-4-7-13)17(21)20-14-8-5-9-15-16(14)24-11-10-23-15/h2-9,12H,10-11H2,1H3,(H,19,22)(H,20,21). The lowest BCUT2D eigenvalue weighted by Gasteiger charge is -2.22. The minimum Gasteiger partial charge on any atom is -0.486 e. The summed E-state index contributed by atoms with van der Waals surface area (Å²) in [7, 11) is 0. The molecule has 1 atom stereocenters. The highest BCUT2D eigenvalue weighted by molar-refractivity contribution is 6.01. The van der Waals surface area contributed by atoms with Crippen molar-refractivity contribution in [3.8, 4) is 11.5 Å². The summed E-state index contributed by atoms with van der Waals surface area (Å²) in [5.41, 5.74) is 1.03. The minimum absolute atomic E-state index is 0.298. The molecule has 0 aliphatic carbocycles. The van der Waals surface area contributed by atoms with Crippen LogP contribution in [0.3, 0.4) is 0 Å². The van der Waals surface area contributed by atoms with Crippen molar-refractivity contribution in [1.29, 1.82) is 0 Å². The number of amides is 2. The van der Waals surface area contributed by atoms with Crippen molar-refractivity contribution in [2.75, 3.05) is 18.5 Å². The van der Waals surface area contributed by atoms with Crippen LogP contribution in [0.5, 0.6) is 11.5 Å². The van der Waals surface area contributed by atoms with Crippen molar-refractivity contribution < 1.29 is 19.1 Å². The van der Waals surface area contributed by atoms with Gasteiger partial charge < -0.3 is 20.1 Å². The number of ether oxygens (including phenoxy) is 2. The molecule has 3 rings (SSSR count). The van der Waals surface area contributed by atoms with Gasteiger partial charge in [0.25, 0.3) is 5.91 Å². The molecule has 1 aliphatic heterocycles. The van der Waals surface area contributed by atoms with E-state index in [0.29, 0.717) is 36.0 Å². The Bertz CT molecular complexity index is 746. The third-order valence-electron chi connectivity index (χ3n) is 3.60. The van der Waals surface area contributed by atoms with Gasteiger partial charge in [0.15, 0.2) is 11.5 Å². The second kappa shape index (κ2) is 7.04. The van der Waals surface area contributed by atoms with Gasteiger partial charge in [-0.05, 0) is 31.2 Å². The SMILES string of the molecule is CC(NC(=O)c1ccccc1)C(=O)Nc1cccc2c1OCCO2. The third-order valence-corrected chi connectivity index (χ3v) is 3.60. The van der Waals surface area contributed by atoms with Crippen molar-refractivity contribution in [2.45, 2.75) is 13.0 Å². The van der Waals surface area contributed by atoms with E-state index in [-0.39, 0.29) is 11.8 Å². The Morgan fingerprint density at radius 3 is 2.54 bits per heavy atom. The minimum atomic E-state index is -0.696. The summed E-state index contributed by atoms with van der Waals surface area (Å²) in [6.45, 7) is 2.54. The number of benzene rings is 2. The van der Waals surface area contributed by atoms with Crippen LogP contribution >= 0.6 is 0 Å². The fourth-order valence-corrected chi connectivity index (χ4v) is 2.35. The molecule has 2 amide bonds. The number of carbonyl (C=O) groups excluding carboxylic acids is 2. The summed E-state index contributed by atoms with van der Waals surface area (Å²) in [5.74, 6) is 0.480. The Kier molecular flexibility index (Phi) is 4.65. The molecule has 1 unspecified atom stereocenters. The van der Waals surface area contributed by atoms with Gasteiger partial charge in [0.05, 0.1) is 5.69 Å². The van der Waals surface area contributed by atoms with E-state index >= 15 is 0 Å². The predicted octanol–water partition coefficient (Wildman–Crippen LogP) is 2.21. The molecule has 0 saturated heterocycles. The Hall–Kier alpha value is -3.02. The summed E-state index contributed by atoms with van der Waals surface area (Å²) >= 11 is 0. The van der Waals surface area contributed by atoms with Crippen molar-refractivity contribution in [3.63, 3.8) is 0 Å². The first-order valence-electron chi connectivity index (χ1n) is 7.70. The molecule has 0 saturated carbocycles. The topological polar surface area (TPSA) is 76.7 Å². The normalized spacial score (nSPS) is 13.7. The van der Waals surface area contributed by atoms with Crippen LogP contribution in [0, 0.1) is 0 Å². The van der Waals surface area contributed by atoms with Crippen molar-refractivity contribution in [2.24, 2.45) is 0 Å². The van der Waals surface area contributed by atoms with E-state index in [9.17, 15) is 9.59 Å². The second-order valence-corrected chi connectivity index (χ2v) is 5.38. The van der Waals surface area contributed by atoms with Gasteiger partial charge in [-0.3, -0.25) is 9.59 Å². The molecule has 24 heavy (non-hydrogen) atoms. The number of nitrogens with one attached hydrogen (secondary N) is 2. The molecule has 6 heteroatoms. The van der Waals surface area contributed by atoms with E-state index in [4.69, 9.17) is 9.47 Å². The Morgan fingerprint density at radius 1 is 1.00 bits per heavy atom. The lowest BCUT2D eigenvalue weighted by Crippen LogP contribution is -2.41. The van der Waals surface area contributed by atoms with Crippen LogP contribution in [-0.4, -0.2) is 31.1 Å². The summed E-state index contributed by atoms with van der Waals surface area (Å²) in [4.78, 5) is 24.5. The Balaban J connectivity index is 1.66. The van der Waals surface area contributed by atoms with Crippen LogP contribution in [0.15, 0.2) is 48.5 Å². The van der Waals surface area contributed by atoms with Gasteiger partial charge >= 0.3 is 0 Å².